The Labute approximate surface area is 164 Å². The van der Waals surface area contributed by atoms with Crippen molar-refractivity contribution in [1.82, 2.24) is 5.32 Å². The van der Waals surface area contributed by atoms with E-state index < -0.39 is 12.0 Å². The molecular formula is C24H23NO3. The monoisotopic (exact) mass is 373 g/mol. The van der Waals surface area contributed by atoms with Gasteiger partial charge in [0.15, 0.2) is 0 Å². The van der Waals surface area contributed by atoms with Crippen LogP contribution in [0.15, 0.2) is 66.7 Å². The minimum absolute atomic E-state index is 0.195. The van der Waals surface area contributed by atoms with E-state index in [0.29, 0.717) is 0 Å². The molecule has 2 N–H and O–H groups in total. The molecular weight excluding hydrogens is 350 g/mol. The Morgan fingerprint density at radius 2 is 1.75 bits per heavy atom. The summed E-state index contributed by atoms with van der Waals surface area (Å²) in [5.41, 5.74) is 3.14. The summed E-state index contributed by atoms with van der Waals surface area (Å²) in [5, 5.41) is 14.6. The zero-order chi connectivity index (χ0) is 19.5. The number of hydrogen-bond donors (Lipinski definition) is 2. The minimum atomic E-state index is -1.01. The molecule has 0 aromatic heterocycles. The van der Waals surface area contributed by atoms with Crippen molar-refractivity contribution in [3.63, 3.8) is 0 Å². The molecule has 1 aliphatic carbocycles. The van der Waals surface area contributed by atoms with E-state index in [4.69, 9.17) is 0 Å². The Balaban J connectivity index is 1.56. The van der Waals surface area contributed by atoms with Gasteiger partial charge in [0, 0.05) is 6.42 Å². The zero-order valence-electron chi connectivity index (χ0n) is 15.6. The van der Waals surface area contributed by atoms with Crippen LogP contribution in [0.3, 0.4) is 0 Å². The maximum absolute atomic E-state index is 13.0. The van der Waals surface area contributed by atoms with E-state index in [1.54, 1.807) is 0 Å². The van der Waals surface area contributed by atoms with Gasteiger partial charge in [-0.15, -0.1) is 0 Å². The SMILES string of the molecule is O=C(N[C@@H](Cc1cccc2ccccc12)C(=O)O)C1CCCc2ccccc21. The fraction of sp³-hybridized carbons (Fsp3) is 0.250. The molecule has 0 aliphatic heterocycles. The average molecular weight is 373 g/mol. The first-order valence-electron chi connectivity index (χ1n) is 9.71. The standard InChI is InChI=1S/C24H23NO3/c26-23(21-14-6-10-17-8-2-4-13-20(17)21)25-22(24(27)28)15-18-11-5-9-16-7-1-3-12-19(16)18/h1-5,7-9,11-13,21-22H,6,10,14-15H2,(H,25,26)(H,27,28)/t21?,22-/m0/s1. The van der Waals surface area contributed by atoms with Gasteiger partial charge in [-0.25, -0.2) is 4.79 Å². The lowest BCUT2D eigenvalue weighted by Crippen LogP contribution is -2.44. The number of nitrogens with one attached hydrogen (secondary N) is 1. The number of carboxylic acid groups (broad SMARTS) is 1. The van der Waals surface area contributed by atoms with Gasteiger partial charge in [0.25, 0.3) is 0 Å². The Bertz CT molecular complexity index is 1020. The second-order valence-corrected chi connectivity index (χ2v) is 7.39. The molecule has 3 aromatic carbocycles. The van der Waals surface area contributed by atoms with Gasteiger partial charge in [-0.2, -0.15) is 0 Å². The summed E-state index contributed by atoms with van der Waals surface area (Å²) in [6, 6.07) is 20.8. The van der Waals surface area contributed by atoms with E-state index >= 15 is 0 Å². The molecule has 0 spiro atoms. The summed E-state index contributed by atoms with van der Waals surface area (Å²) in [6.45, 7) is 0. The van der Waals surface area contributed by atoms with E-state index in [1.165, 1.54) is 5.56 Å². The first-order valence-corrected chi connectivity index (χ1v) is 9.71. The average Bonchev–Trinajstić information content (AvgIpc) is 2.73. The number of carbonyl (C=O) groups excluding carboxylic acids is 1. The van der Waals surface area contributed by atoms with Crippen LogP contribution >= 0.6 is 0 Å². The number of aliphatic carboxylic acids is 1. The maximum atomic E-state index is 13.0. The number of amides is 1. The summed E-state index contributed by atoms with van der Waals surface area (Å²) in [6.07, 6.45) is 2.93. The molecule has 2 atom stereocenters. The smallest absolute Gasteiger partial charge is 0.326 e. The van der Waals surface area contributed by atoms with Crippen molar-refractivity contribution >= 4 is 22.6 Å². The fourth-order valence-corrected chi connectivity index (χ4v) is 4.19. The number of carbonyl (C=O) groups is 2. The van der Waals surface area contributed by atoms with E-state index in [-0.39, 0.29) is 18.2 Å². The summed E-state index contributed by atoms with van der Waals surface area (Å²) >= 11 is 0. The molecule has 0 saturated carbocycles. The molecule has 1 aliphatic rings. The van der Waals surface area contributed by atoms with Gasteiger partial charge in [-0.1, -0.05) is 66.7 Å². The molecule has 4 heteroatoms. The molecule has 0 radical (unpaired) electrons. The molecule has 0 bridgehead atoms. The minimum Gasteiger partial charge on any atom is -0.480 e. The molecule has 0 heterocycles. The highest BCUT2D eigenvalue weighted by Gasteiger charge is 2.29. The van der Waals surface area contributed by atoms with E-state index in [2.05, 4.69) is 11.4 Å². The van der Waals surface area contributed by atoms with Gasteiger partial charge in [-0.05, 0) is 46.7 Å². The van der Waals surface area contributed by atoms with E-state index in [9.17, 15) is 14.7 Å². The van der Waals surface area contributed by atoms with Gasteiger partial charge < -0.3 is 10.4 Å². The molecule has 0 saturated heterocycles. The van der Waals surface area contributed by atoms with Gasteiger partial charge in [0.2, 0.25) is 5.91 Å². The van der Waals surface area contributed by atoms with E-state index in [1.807, 2.05) is 60.7 Å². The highest BCUT2D eigenvalue weighted by Crippen LogP contribution is 2.31. The lowest BCUT2D eigenvalue weighted by molar-refractivity contribution is -0.142. The molecule has 0 fully saturated rings. The predicted molar refractivity (Wildman–Crippen MR) is 109 cm³/mol. The van der Waals surface area contributed by atoms with Gasteiger partial charge in [-0.3, -0.25) is 4.79 Å². The Hall–Kier alpha value is -3.14. The van der Waals surface area contributed by atoms with E-state index in [0.717, 1.165) is 41.2 Å². The van der Waals surface area contributed by atoms with Gasteiger partial charge in [0.05, 0.1) is 5.92 Å². The molecule has 28 heavy (non-hydrogen) atoms. The lowest BCUT2D eigenvalue weighted by atomic mass is 9.82. The number of fused-ring (bicyclic) bond motifs is 2. The van der Waals surface area contributed by atoms with Gasteiger partial charge in [0.1, 0.15) is 6.04 Å². The number of carboxylic acids is 1. The molecule has 142 valence electrons. The predicted octanol–water partition coefficient (Wildman–Crippen LogP) is 4.07. The zero-order valence-corrected chi connectivity index (χ0v) is 15.6. The largest absolute Gasteiger partial charge is 0.480 e. The first-order chi connectivity index (χ1) is 13.6. The van der Waals surface area contributed by atoms with Crippen molar-refractivity contribution in [2.24, 2.45) is 0 Å². The second-order valence-electron chi connectivity index (χ2n) is 7.39. The van der Waals surface area contributed by atoms with Crippen LogP contribution in [-0.4, -0.2) is 23.0 Å². The summed E-state index contributed by atoms with van der Waals surface area (Å²) in [4.78, 5) is 24.8. The molecule has 3 aromatic rings. The van der Waals surface area contributed by atoms with Crippen molar-refractivity contribution < 1.29 is 14.7 Å². The van der Waals surface area contributed by atoms with Crippen LogP contribution in [0.25, 0.3) is 10.8 Å². The van der Waals surface area contributed by atoms with Crippen molar-refractivity contribution in [3.8, 4) is 0 Å². The van der Waals surface area contributed by atoms with Crippen LogP contribution in [0.2, 0.25) is 0 Å². The molecule has 1 amide bonds. The lowest BCUT2D eigenvalue weighted by Gasteiger charge is -2.26. The molecule has 4 rings (SSSR count). The van der Waals surface area contributed by atoms with Gasteiger partial charge >= 0.3 is 5.97 Å². The Morgan fingerprint density at radius 1 is 1.00 bits per heavy atom. The number of hydrogen-bond acceptors (Lipinski definition) is 2. The van der Waals surface area contributed by atoms with Crippen LogP contribution in [0, 0.1) is 0 Å². The second kappa shape index (κ2) is 7.85. The number of benzene rings is 3. The highest BCUT2D eigenvalue weighted by molar-refractivity contribution is 5.90. The molecule has 4 nitrogen and oxygen atoms in total. The Kier molecular flexibility index (Phi) is 5.11. The third-order valence-electron chi connectivity index (χ3n) is 5.60. The van der Waals surface area contributed by atoms with Crippen molar-refractivity contribution in [2.45, 2.75) is 37.6 Å². The first kappa shape index (κ1) is 18.2. The van der Waals surface area contributed by atoms with Crippen LogP contribution in [0.4, 0.5) is 0 Å². The highest BCUT2D eigenvalue weighted by atomic mass is 16.4. The maximum Gasteiger partial charge on any atom is 0.326 e. The quantitative estimate of drug-likeness (QED) is 0.708. The third-order valence-corrected chi connectivity index (χ3v) is 5.60. The fourth-order valence-electron chi connectivity index (χ4n) is 4.19. The number of rotatable bonds is 5. The number of aryl methyl sites for hydroxylation is 1. The third kappa shape index (κ3) is 3.63. The van der Waals surface area contributed by atoms with Crippen molar-refractivity contribution in [1.29, 1.82) is 0 Å². The van der Waals surface area contributed by atoms with Crippen molar-refractivity contribution in [2.75, 3.05) is 0 Å². The van der Waals surface area contributed by atoms with Crippen LogP contribution in [0.5, 0.6) is 0 Å². The Morgan fingerprint density at radius 3 is 2.61 bits per heavy atom. The van der Waals surface area contributed by atoms with Crippen LogP contribution in [0.1, 0.15) is 35.4 Å². The normalized spacial score (nSPS) is 16.9. The molecule has 1 unspecified atom stereocenters. The summed E-state index contributed by atoms with van der Waals surface area (Å²) in [5.74, 6) is -1.48. The summed E-state index contributed by atoms with van der Waals surface area (Å²) < 4.78 is 0. The van der Waals surface area contributed by atoms with Crippen LogP contribution < -0.4 is 5.32 Å². The topological polar surface area (TPSA) is 66.4 Å². The van der Waals surface area contributed by atoms with Crippen LogP contribution in [-0.2, 0) is 22.4 Å². The summed E-state index contributed by atoms with van der Waals surface area (Å²) in [7, 11) is 0. The van der Waals surface area contributed by atoms with Crippen molar-refractivity contribution in [3.05, 3.63) is 83.4 Å².